The van der Waals surface area contributed by atoms with Gasteiger partial charge in [0.05, 0.1) is 12.1 Å². The average molecular weight is 329 g/mol. The summed E-state index contributed by atoms with van der Waals surface area (Å²) in [5, 5.41) is 4.78. The number of ether oxygens (including phenoxy) is 1. The Hall–Kier alpha value is -1.61. The quantitative estimate of drug-likeness (QED) is 0.799. The molecule has 1 N–H and O–H groups in total. The summed E-state index contributed by atoms with van der Waals surface area (Å²) >= 11 is 2.54. The third-order valence-electron chi connectivity index (χ3n) is 2.65. The molecule has 0 spiro atoms. The maximum atomic E-state index is 11.6. The monoisotopic (exact) mass is 329 g/mol. The maximum Gasteiger partial charge on any atom is 0.307 e. The first-order valence-corrected chi connectivity index (χ1v) is 8.20. The molecule has 114 valence electrons. The molecule has 1 aliphatic heterocycles. The number of anilines is 1. The number of nitrogens with one attached hydrogen (secondary N) is 1. The molecule has 2 rings (SSSR count). The van der Waals surface area contributed by atoms with Crippen LogP contribution in [0.4, 0.5) is 9.93 Å². The van der Waals surface area contributed by atoms with Gasteiger partial charge in [-0.15, -0.1) is 11.3 Å². The molecule has 2 amide bonds. The zero-order valence-electron chi connectivity index (χ0n) is 11.5. The fourth-order valence-corrected chi connectivity index (χ4v) is 3.26. The topological polar surface area (TPSA) is 88.6 Å². The van der Waals surface area contributed by atoms with Crippen molar-refractivity contribution < 1.29 is 19.1 Å². The third-order valence-corrected chi connectivity index (χ3v) is 4.34. The van der Waals surface area contributed by atoms with Gasteiger partial charge in [-0.1, -0.05) is 11.8 Å². The van der Waals surface area contributed by atoms with E-state index in [0.717, 1.165) is 5.75 Å². The second-order valence-corrected chi connectivity index (χ2v) is 6.24. The molecule has 1 fully saturated rings. The summed E-state index contributed by atoms with van der Waals surface area (Å²) in [7, 11) is 0. The molecule has 2 heterocycles. The molecule has 9 heteroatoms. The Kier molecular flexibility index (Phi) is 5.57. The first-order chi connectivity index (χ1) is 10.0. The normalized spacial score (nSPS) is 14.3. The van der Waals surface area contributed by atoms with E-state index in [1.165, 1.54) is 30.0 Å². The van der Waals surface area contributed by atoms with Crippen LogP contribution >= 0.6 is 23.1 Å². The molecule has 0 unspecified atom stereocenters. The number of amides is 2. The lowest BCUT2D eigenvalue weighted by molar-refractivity contribution is -0.145. The number of thiazole rings is 1. The molecular weight excluding hydrogens is 314 g/mol. The minimum Gasteiger partial charge on any atom is -0.459 e. The summed E-state index contributed by atoms with van der Waals surface area (Å²) in [5.41, 5.74) is 0.588. The van der Waals surface area contributed by atoms with Gasteiger partial charge >= 0.3 is 5.97 Å². The Morgan fingerprint density at radius 3 is 3.00 bits per heavy atom. The summed E-state index contributed by atoms with van der Waals surface area (Å²) in [6.45, 7) is 2.54. The van der Waals surface area contributed by atoms with Crippen molar-refractivity contribution in [2.24, 2.45) is 0 Å². The molecule has 0 radical (unpaired) electrons. The van der Waals surface area contributed by atoms with Crippen molar-refractivity contribution in [1.82, 2.24) is 9.88 Å². The molecule has 7 nitrogen and oxygen atoms in total. The van der Waals surface area contributed by atoms with E-state index in [1.807, 2.05) is 0 Å². The molecule has 0 bridgehead atoms. The van der Waals surface area contributed by atoms with Gasteiger partial charge in [0.25, 0.3) is 5.24 Å². The first kappa shape index (κ1) is 15.8. The van der Waals surface area contributed by atoms with Crippen LogP contribution in [0.15, 0.2) is 5.38 Å². The van der Waals surface area contributed by atoms with Crippen LogP contribution in [0.3, 0.4) is 0 Å². The second kappa shape index (κ2) is 7.41. The molecule has 1 aromatic heterocycles. The van der Waals surface area contributed by atoms with E-state index in [2.05, 4.69) is 10.3 Å². The van der Waals surface area contributed by atoms with Crippen LogP contribution < -0.4 is 5.32 Å². The van der Waals surface area contributed by atoms with Gasteiger partial charge in [-0.25, -0.2) is 4.98 Å². The summed E-state index contributed by atoms with van der Waals surface area (Å²) < 4.78 is 5.09. The Morgan fingerprint density at radius 1 is 1.52 bits per heavy atom. The third kappa shape index (κ3) is 5.01. The Morgan fingerprint density at radius 2 is 2.33 bits per heavy atom. The molecule has 1 aliphatic rings. The van der Waals surface area contributed by atoms with Crippen LogP contribution in [0, 0.1) is 0 Å². The van der Waals surface area contributed by atoms with Crippen molar-refractivity contribution in [2.75, 3.05) is 24.2 Å². The van der Waals surface area contributed by atoms with E-state index in [1.54, 1.807) is 10.3 Å². The van der Waals surface area contributed by atoms with Crippen molar-refractivity contribution in [3.05, 3.63) is 11.1 Å². The van der Waals surface area contributed by atoms with Gasteiger partial charge < -0.3 is 15.0 Å². The van der Waals surface area contributed by atoms with E-state index >= 15 is 0 Å². The number of esters is 1. The van der Waals surface area contributed by atoms with Gasteiger partial charge in [0, 0.05) is 31.1 Å². The molecule has 0 saturated carbocycles. The predicted molar refractivity (Wildman–Crippen MR) is 80.3 cm³/mol. The zero-order chi connectivity index (χ0) is 15.2. The first-order valence-electron chi connectivity index (χ1n) is 6.34. The lowest BCUT2D eigenvalue weighted by Crippen LogP contribution is -2.26. The van der Waals surface area contributed by atoms with E-state index in [9.17, 15) is 14.4 Å². The number of hydrogen-bond donors (Lipinski definition) is 1. The Labute approximate surface area is 130 Å². The smallest absolute Gasteiger partial charge is 0.307 e. The number of hydrogen-bond acceptors (Lipinski definition) is 7. The van der Waals surface area contributed by atoms with Crippen molar-refractivity contribution >= 4 is 45.3 Å². The van der Waals surface area contributed by atoms with Crippen molar-refractivity contribution in [3.8, 4) is 0 Å². The summed E-state index contributed by atoms with van der Waals surface area (Å²) in [6, 6.07) is 0. The van der Waals surface area contributed by atoms with Gasteiger partial charge in [-0.05, 0) is 0 Å². The maximum absolute atomic E-state index is 11.6. The fraction of sp³-hybridized carbons (Fsp3) is 0.500. The highest BCUT2D eigenvalue weighted by atomic mass is 32.2. The van der Waals surface area contributed by atoms with Crippen molar-refractivity contribution in [2.45, 2.75) is 20.0 Å². The lowest BCUT2D eigenvalue weighted by atomic mass is 10.4. The summed E-state index contributed by atoms with van der Waals surface area (Å²) in [4.78, 5) is 39.6. The molecular formula is C12H15N3O4S2. The standard InChI is InChI=1S/C12H15N3O4S2/c1-8(16)13-11-14-9(7-21-11)6-19-10(17)2-3-15-4-5-20-12(15)18/h7H,2-6H2,1H3,(H,13,14,16). The lowest BCUT2D eigenvalue weighted by Gasteiger charge is -2.13. The zero-order valence-corrected chi connectivity index (χ0v) is 13.1. The predicted octanol–water partition coefficient (Wildman–Crippen LogP) is 1.70. The van der Waals surface area contributed by atoms with Crippen LogP contribution in [-0.2, 0) is 20.9 Å². The highest BCUT2D eigenvalue weighted by Crippen LogP contribution is 2.18. The van der Waals surface area contributed by atoms with Gasteiger partial charge in [-0.3, -0.25) is 14.4 Å². The second-order valence-electron chi connectivity index (χ2n) is 4.34. The summed E-state index contributed by atoms with van der Waals surface area (Å²) in [6.07, 6.45) is 0.176. The largest absolute Gasteiger partial charge is 0.459 e. The number of carbonyl (C=O) groups excluding carboxylic acids is 3. The highest BCUT2D eigenvalue weighted by molar-refractivity contribution is 8.13. The molecule has 0 aromatic carbocycles. The van der Waals surface area contributed by atoms with E-state index in [-0.39, 0.29) is 30.1 Å². The molecule has 21 heavy (non-hydrogen) atoms. The van der Waals surface area contributed by atoms with Crippen LogP contribution in [0.25, 0.3) is 0 Å². The van der Waals surface area contributed by atoms with Crippen molar-refractivity contribution in [1.29, 1.82) is 0 Å². The Bertz CT molecular complexity index is 546. The van der Waals surface area contributed by atoms with Gasteiger partial charge in [-0.2, -0.15) is 0 Å². The van der Waals surface area contributed by atoms with E-state index in [4.69, 9.17) is 4.74 Å². The van der Waals surface area contributed by atoms with Gasteiger partial charge in [0.2, 0.25) is 5.91 Å². The number of thioether (sulfide) groups is 1. The van der Waals surface area contributed by atoms with Crippen molar-refractivity contribution in [3.63, 3.8) is 0 Å². The summed E-state index contributed by atoms with van der Waals surface area (Å²) in [5.74, 6) is 0.216. The fourth-order valence-electron chi connectivity index (χ4n) is 1.66. The minimum atomic E-state index is -0.367. The van der Waals surface area contributed by atoms with Crippen LogP contribution in [0.1, 0.15) is 19.0 Å². The molecule has 1 aromatic rings. The van der Waals surface area contributed by atoms with Crippen LogP contribution in [-0.4, -0.2) is 45.8 Å². The van der Waals surface area contributed by atoms with Crippen LogP contribution in [0.2, 0.25) is 0 Å². The molecule has 1 saturated heterocycles. The number of aromatic nitrogens is 1. The minimum absolute atomic E-state index is 0.0160. The molecule has 0 atom stereocenters. The van der Waals surface area contributed by atoms with E-state index in [0.29, 0.717) is 23.9 Å². The SMILES string of the molecule is CC(=O)Nc1nc(COC(=O)CCN2CCSC2=O)cs1. The molecule has 0 aliphatic carbocycles. The average Bonchev–Trinajstić information content (AvgIpc) is 3.02. The highest BCUT2D eigenvalue weighted by Gasteiger charge is 2.21. The van der Waals surface area contributed by atoms with Gasteiger partial charge in [0.1, 0.15) is 6.61 Å². The number of carbonyl (C=O) groups is 3. The van der Waals surface area contributed by atoms with Gasteiger partial charge in [0.15, 0.2) is 5.13 Å². The number of rotatable bonds is 6. The Balaban J connectivity index is 1.69. The van der Waals surface area contributed by atoms with Crippen LogP contribution in [0.5, 0.6) is 0 Å². The van der Waals surface area contributed by atoms with E-state index < -0.39 is 0 Å². The number of nitrogens with zero attached hydrogens (tertiary/aromatic N) is 2.